The summed E-state index contributed by atoms with van der Waals surface area (Å²) < 4.78 is 29.8. The molecule has 0 radical (unpaired) electrons. The highest BCUT2D eigenvalue weighted by atomic mass is 19.1. The third kappa shape index (κ3) is 3.44. The van der Waals surface area contributed by atoms with E-state index in [-0.39, 0.29) is 34.0 Å². The zero-order valence-corrected chi connectivity index (χ0v) is 18.7. The van der Waals surface area contributed by atoms with Gasteiger partial charge >= 0.3 is 5.97 Å². The maximum absolute atomic E-state index is 15.6. The Hall–Kier alpha value is -3.43. The molecule has 5 N–H and O–H groups in total. The molecule has 4 rings (SSSR count). The van der Waals surface area contributed by atoms with Crippen LogP contribution in [0, 0.1) is 25.5 Å². The van der Waals surface area contributed by atoms with Crippen molar-refractivity contribution in [1.29, 1.82) is 0 Å². The van der Waals surface area contributed by atoms with Gasteiger partial charge in [0.05, 0.1) is 34.9 Å². The summed E-state index contributed by atoms with van der Waals surface area (Å²) in [5.41, 5.74) is 8.35. The zero-order valence-electron chi connectivity index (χ0n) is 18.7. The topological polar surface area (TPSA) is 102 Å². The van der Waals surface area contributed by atoms with Gasteiger partial charge in [0.25, 0.3) is 0 Å². The maximum Gasteiger partial charge on any atom is 0.337 e. The van der Waals surface area contributed by atoms with Crippen LogP contribution in [0.1, 0.15) is 22.3 Å². The van der Waals surface area contributed by atoms with E-state index < -0.39 is 24.2 Å². The molecule has 33 heavy (non-hydrogen) atoms. The number of nitrogens with one attached hydrogen (secondary N) is 1. The smallest absolute Gasteiger partial charge is 0.337 e. The summed E-state index contributed by atoms with van der Waals surface area (Å²) in [5, 5.41) is 22.9. The molecule has 1 saturated heterocycles. The van der Waals surface area contributed by atoms with E-state index in [9.17, 15) is 19.4 Å². The monoisotopic (exact) mass is 456 g/mol. The number of anilines is 4. The van der Waals surface area contributed by atoms with E-state index in [0.717, 1.165) is 6.07 Å². The van der Waals surface area contributed by atoms with Gasteiger partial charge < -0.3 is 31.1 Å². The van der Waals surface area contributed by atoms with Crippen molar-refractivity contribution in [3.8, 4) is 0 Å². The normalized spacial score (nSPS) is 15.9. The second-order valence-corrected chi connectivity index (χ2v) is 8.38. The van der Waals surface area contributed by atoms with Gasteiger partial charge in [0.15, 0.2) is 0 Å². The number of hydrogen-bond acceptors (Lipinski definition) is 6. The van der Waals surface area contributed by atoms with Gasteiger partial charge in [0.2, 0.25) is 0 Å². The summed E-state index contributed by atoms with van der Waals surface area (Å²) in [5.74, 6) is -2.37. The van der Waals surface area contributed by atoms with Crippen molar-refractivity contribution in [2.75, 3.05) is 35.7 Å². The molecular weight excluding hydrogens is 430 g/mol. The predicted molar refractivity (Wildman–Crippen MR) is 125 cm³/mol. The van der Waals surface area contributed by atoms with Gasteiger partial charge in [-0.15, -0.1) is 0 Å². The Kier molecular flexibility index (Phi) is 5.63. The SMILES string of the molecule is C=C1C(C(=O)O)=CN(c2cc(N)c(F)cc2CO)c2c(C)c(N3CC(NC)C3)c(F)c(C)c21. The molecule has 9 heteroatoms. The first-order valence-electron chi connectivity index (χ1n) is 10.5. The predicted octanol–water partition coefficient (Wildman–Crippen LogP) is 3.20. The number of aliphatic carboxylic acids is 1. The lowest BCUT2D eigenvalue weighted by atomic mass is 9.86. The minimum absolute atomic E-state index is 0.136. The van der Waals surface area contributed by atoms with Crippen LogP contribution in [-0.4, -0.2) is 42.4 Å². The molecule has 1 fully saturated rings. The summed E-state index contributed by atoms with van der Waals surface area (Å²) in [7, 11) is 1.85. The fourth-order valence-corrected chi connectivity index (χ4v) is 4.57. The van der Waals surface area contributed by atoms with Crippen LogP contribution >= 0.6 is 0 Å². The molecule has 0 aromatic heterocycles. The van der Waals surface area contributed by atoms with Crippen molar-refractivity contribution in [3.05, 3.63) is 64.4 Å². The molecule has 0 aliphatic carbocycles. The first-order chi connectivity index (χ1) is 15.6. The molecule has 0 atom stereocenters. The number of hydrogen-bond donors (Lipinski definition) is 4. The number of carbonyl (C=O) groups is 1. The number of likely N-dealkylation sites (N-methyl/N-ethyl adjacent to an activating group) is 1. The Balaban J connectivity index is 2.02. The number of aliphatic hydroxyl groups is 1. The molecule has 2 aliphatic rings. The Bertz CT molecular complexity index is 1220. The van der Waals surface area contributed by atoms with E-state index in [2.05, 4.69) is 11.9 Å². The first kappa shape index (κ1) is 22.8. The summed E-state index contributed by atoms with van der Waals surface area (Å²) in [4.78, 5) is 15.5. The van der Waals surface area contributed by atoms with E-state index in [1.165, 1.54) is 17.2 Å². The molecular formula is C24H26F2N4O3. The second-order valence-electron chi connectivity index (χ2n) is 8.38. The summed E-state index contributed by atoms with van der Waals surface area (Å²) >= 11 is 0. The van der Waals surface area contributed by atoms with E-state index in [4.69, 9.17) is 5.73 Å². The number of nitrogens with two attached hydrogens (primary N) is 1. The summed E-state index contributed by atoms with van der Waals surface area (Å²) in [6.07, 6.45) is 1.36. The fourth-order valence-electron chi connectivity index (χ4n) is 4.57. The fraction of sp³-hybridized carbons (Fsp3) is 0.292. The standard InChI is InChI=1S/C24H26F2N4O3/c1-11-16(24(32)33)9-30(19-6-18(27)17(25)5-14(19)10-31)22-13(3)23(21(26)12(2)20(11)22)29-7-15(8-29)28-4/h5-6,9,15,28,31H,1,7-8,10,27H2,2-4H3,(H,32,33). The van der Waals surface area contributed by atoms with Crippen LogP contribution in [0.25, 0.3) is 5.57 Å². The van der Waals surface area contributed by atoms with Gasteiger partial charge in [0.1, 0.15) is 11.6 Å². The maximum atomic E-state index is 15.6. The largest absolute Gasteiger partial charge is 0.478 e. The number of nitrogen functional groups attached to an aromatic ring is 1. The molecule has 0 saturated carbocycles. The van der Waals surface area contributed by atoms with Crippen LogP contribution in [0.2, 0.25) is 0 Å². The number of carboxylic acid groups (broad SMARTS) is 1. The number of aliphatic hydroxyl groups excluding tert-OH is 1. The quantitative estimate of drug-likeness (QED) is 0.513. The molecule has 0 spiro atoms. The van der Waals surface area contributed by atoms with Crippen molar-refractivity contribution in [2.45, 2.75) is 26.5 Å². The molecule has 0 bridgehead atoms. The molecule has 0 amide bonds. The number of benzene rings is 2. The Morgan fingerprint density at radius 3 is 2.48 bits per heavy atom. The highest BCUT2D eigenvalue weighted by Gasteiger charge is 2.36. The number of halogens is 2. The first-order valence-corrected chi connectivity index (χ1v) is 10.5. The van der Waals surface area contributed by atoms with Crippen molar-refractivity contribution >= 4 is 34.3 Å². The highest BCUT2D eigenvalue weighted by Crippen LogP contribution is 2.49. The van der Waals surface area contributed by atoms with E-state index >= 15 is 4.39 Å². The van der Waals surface area contributed by atoms with Crippen molar-refractivity contribution in [3.63, 3.8) is 0 Å². The van der Waals surface area contributed by atoms with Crippen LogP contribution in [0.15, 0.2) is 30.5 Å². The van der Waals surface area contributed by atoms with Gasteiger partial charge in [-0.2, -0.15) is 0 Å². The second kappa shape index (κ2) is 8.17. The lowest BCUT2D eigenvalue weighted by Crippen LogP contribution is -2.57. The van der Waals surface area contributed by atoms with Gasteiger partial charge in [-0.3, -0.25) is 0 Å². The molecule has 2 heterocycles. The van der Waals surface area contributed by atoms with Crippen molar-refractivity contribution in [1.82, 2.24) is 5.32 Å². The summed E-state index contributed by atoms with van der Waals surface area (Å²) in [6, 6.07) is 2.69. The minimum atomic E-state index is -1.24. The molecule has 2 aromatic rings. The molecule has 2 aromatic carbocycles. The Morgan fingerprint density at radius 2 is 1.91 bits per heavy atom. The Morgan fingerprint density at radius 1 is 1.24 bits per heavy atom. The average molecular weight is 456 g/mol. The molecule has 2 aliphatic heterocycles. The molecule has 7 nitrogen and oxygen atoms in total. The van der Waals surface area contributed by atoms with Crippen LogP contribution in [0.5, 0.6) is 0 Å². The Labute approximate surface area is 190 Å². The lowest BCUT2D eigenvalue weighted by molar-refractivity contribution is -0.132. The molecule has 174 valence electrons. The third-order valence-corrected chi connectivity index (χ3v) is 6.45. The van der Waals surface area contributed by atoms with Crippen LogP contribution in [0.4, 0.5) is 31.5 Å². The number of rotatable bonds is 5. The molecule has 0 unspecified atom stereocenters. The van der Waals surface area contributed by atoms with Crippen LogP contribution in [0.3, 0.4) is 0 Å². The van der Waals surface area contributed by atoms with Crippen LogP contribution in [-0.2, 0) is 11.4 Å². The number of nitrogens with zero attached hydrogens (tertiary/aromatic N) is 2. The number of fused-ring (bicyclic) bond motifs is 1. The van der Waals surface area contributed by atoms with Crippen molar-refractivity contribution < 1.29 is 23.8 Å². The van der Waals surface area contributed by atoms with Gasteiger partial charge in [0, 0.05) is 42.0 Å². The van der Waals surface area contributed by atoms with Crippen LogP contribution < -0.4 is 20.9 Å². The van der Waals surface area contributed by atoms with E-state index in [0.29, 0.717) is 41.3 Å². The zero-order chi connectivity index (χ0) is 24.2. The third-order valence-electron chi connectivity index (χ3n) is 6.45. The minimum Gasteiger partial charge on any atom is -0.478 e. The van der Waals surface area contributed by atoms with Gasteiger partial charge in [-0.05, 0) is 44.2 Å². The highest BCUT2D eigenvalue weighted by molar-refractivity contribution is 6.11. The van der Waals surface area contributed by atoms with E-state index in [1.807, 2.05) is 11.9 Å². The average Bonchev–Trinajstić information content (AvgIpc) is 2.74. The summed E-state index contributed by atoms with van der Waals surface area (Å²) in [6.45, 7) is 8.02. The van der Waals surface area contributed by atoms with E-state index in [1.54, 1.807) is 13.8 Å². The van der Waals surface area contributed by atoms with Crippen molar-refractivity contribution in [2.24, 2.45) is 0 Å². The lowest BCUT2D eigenvalue weighted by Gasteiger charge is -2.43. The number of carboxylic acids is 1. The van der Waals surface area contributed by atoms with Gasteiger partial charge in [-0.25, -0.2) is 13.6 Å². The van der Waals surface area contributed by atoms with Gasteiger partial charge in [-0.1, -0.05) is 6.58 Å².